The molecule has 3 aromatic rings. The Morgan fingerprint density at radius 2 is 1.83 bits per heavy atom. The van der Waals surface area contributed by atoms with Gasteiger partial charge in [0, 0.05) is 30.6 Å². The maximum Gasteiger partial charge on any atom is 0.332 e. The SMILES string of the molecule is Cn1c(=O)c2cc(Cc3cccc(Br)c3)c(=O)[nH]c2n(C)c1=O. The minimum atomic E-state index is -0.474. The fourth-order valence-corrected chi connectivity index (χ4v) is 3.02. The van der Waals surface area contributed by atoms with Crippen LogP contribution in [-0.2, 0) is 20.5 Å². The number of halogens is 1. The average Bonchev–Trinajstić information content (AvgIpc) is 2.52. The van der Waals surface area contributed by atoms with Gasteiger partial charge in [0.15, 0.2) is 0 Å². The number of hydrogen-bond donors (Lipinski definition) is 1. The van der Waals surface area contributed by atoms with Crippen molar-refractivity contribution in [2.24, 2.45) is 14.1 Å². The van der Waals surface area contributed by atoms with Crippen LogP contribution in [0.15, 0.2) is 49.2 Å². The highest BCUT2D eigenvalue weighted by atomic mass is 79.9. The van der Waals surface area contributed by atoms with Crippen LogP contribution >= 0.6 is 15.9 Å². The van der Waals surface area contributed by atoms with Gasteiger partial charge in [-0.1, -0.05) is 28.1 Å². The molecule has 3 rings (SSSR count). The molecule has 0 bridgehead atoms. The van der Waals surface area contributed by atoms with E-state index in [0.717, 1.165) is 14.6 Å². The van der Waals surface area contributed by atoms with Gasteiger partial charge in [0.25, 0.3) is 11.1 Å². The zero-order chi connectivity index (χ0) is 16.7. The summed E-state index contributed by atoms with van der Waals surface area (Å²) in [6.07, 6.45) is 0.400. The molecule has 0 aliphatic heterocycles. The van der Waals surface area contributed by atoms with Crippen LogP contribution in [0.3, 0.4) is 0 Å². The Hall–Kier alpha value is -2.41. The third-order valence-electron chi connectivity index (χ3n) is 3.83. The number of nitrogens with zero attached hydrogens (tertiary/aromatic N) is 2. The van der Waals surface area contributed by atoms with E-state index >= 15 is 0 Å². The van der Waals surface area contributed by atoms with E-state index in [2.05, 4.69) is 20.9 Å². The van der Waals surface area contributed by atoms with Crippen molar-refractivity contribution in [2.45, 2.75) is 6.42 Å². The number of aromatic amines is 1. The first-order chi connectivity index (χ1) is 10.9. The van der Waals surface area contributed by atoms with Gasteiger partial charge in [-0.3, -0.25) is 18.7 Å². The van der Waals surface area contributed by atoms with Crippen LogP contribution in [0, 0.1) is 0 Å². The summed E-state index contributed by atoms with van der Waals surface area (Å²) in [5.41, 5.74) is 0.465. The van der Waals surface area contributed by atoms with Crippen molar-refractivity contribution >= 4 is 27.0 Å². The first-order valence-corrected chi connectivity index (χ1v) is 7.74. The molecule has 0 spiro atoms. The van der Waals surface area contributed by atoms with Gasteiger partial charge in [0.1, 0.15) is 5.65 Å². The zero-order valence-corrected chi connectivity index (χ0v) is 14.2. The minimum absolute atomic E-state index is 0.237. The molecule has 7 heteroatoms. The highest BCUT2D eigenvalue weighted by Crippen LogP contribution is 2.15. The Kier molecular flexibility index (Phi) is 3.81. The number of hydrogen-bond acceptors (Lipinski definition) is 3. The van der Waals surface area contributed by atoms with Crippen molar-refractivity contribution in [3.8, 4) is 0 Å². The molecule has 0 atom stereocenters. The van der Waals surface area contributed by atoms with E-state index in [9.17, 15) is 14.4 Å². The van der Waals surface area contributed by atoms with Crippen LogP contribution in [0.1, 0.15) is 11.1 Å². The molecule has 0 aliphatic rings. The van der Waals surface area contributed by atoms with Crippen LogP contribution in [0.5, 0.6) is 0 Å². The van der Waals surface area contributed by atoms with Crippen molar-refractivity contribution in [3.05, 3.63) is 77.1 Å². The summed E-state index contributed by atoms with van der Waals surface area (Å²) in [7, 11) is 2.94. The minimum Gasteiger partial charge on any atom is -0.307 e. The maximum atomic E-state index is 12.3. The lowest BCUT2D eigenvalue weighted by Gasteiger charge is -2.09. The Morgan fingerprint density at radius 3 is 2.52 bits per heavy atom. The maximum absolute atomic E-state index is 12.3. The molecular weight excluding hydrogens is 362 g/mol. The number of nitrogens with one attached hydrogen (secondary N) is 1. The van der Waals surface area contributed by atoms with Crippen LogP contribution in [0.4, 0.5) is 0 Å². The third kappa shape index (κ3) is 2.68. The summed E-state index contributed by atoms with van der Waals surface area (Å²) in [6, 6.07) is 9.18. The van der Waals surface area contributed by atoms with E-state index < -0.39 is 11.2 Å². The van der Waals surface area contributed by atoms with Crippen molar-refractivity contribution in [1.82, 2.24) is 14.1 Å². The first kappa shape index (κ1) is 15.5. The van der Waals surface area contributed by atoms with Gasteiger partial charge in [-0.05, 0) is 23.8 Å². The second kappa shape index (κ2) is 5.66. The van der Waals surface area contributed by atoms with Gasteiger partial charge in [-0.25, -0.2) is 4.79 Å². The Labute approximate surface area is 139 Å². The van der Waals surface area contributed by atoms with E-state index in [0.29, 0.717) is 17.4 Å². The van der Waals surface area contributed by atoms with Crippen LogP contribution in [-0.4, -0.2) is 14.1 Å². The fraction of sp³-hybridized carbons (Fsp3) is 0.188. The van der Waals surface area contributed by atoms with Crippen LogP contribution < -0.4 is 16.8 Å². The number of benzene rings is 1. The molecule has 6 nitrogen and oxygen atoms in total. The average molecular weight is 376 g/mol. The number of fused-ring (bicyclic) bond motifs is 1. The van der Waals surface area contributed by atoms with E-state index in [-0.39, 0.29) is 11.2 Å². The second-order valence-corrected chi connectivity index (χ2v) is 6.31. The predicted octanol–water partition coefficient (Wildman–Crippen LogP) is 1.28. The smallest absolute Gasteiger partial charge is 0.307 e. The Bertz CT molecular complexity index is 1090. The molecule has 0 unspecified atom stereocenters. The van der Waals surface area contributed by atoms with Gasteiger partial charge in [-0.2, -0.15) is 0 Å². The third-order valence-corrected chi connectivity index (χ3v) is 4.32. The lowest BCUT2D eigenvalue weighted by Crippen LogP contribution is -2.38. The number of aryl methyl sites for hydroxylation is 1. The van der Waals surface area contributed by atoms with Gasteiger partial charge in [-0.15, -0.1) is 0 Å². The predicted molar refractivity (Wildman–Crippen MR) is 92.0 cm³/mol. The molecular formula is C16H14BrN3O3. The number of aromatic nitrogens is 3. The van der Waals surface area contributed by atoms with Gasteiger partial charge in [0.05, 0.1) is 5.39 Å². The number of H-pyrrole nitrogens is 1. The van der Waals surface area contributed by atoms with Crippen molar-refractivity contribution in [3.63, 3.8) is 0 Å². The van der Waals surface area contributed by atoms with E-state index in [1.165, 1.54) is 18.7 Å². The van der Waals surface area contributed by atoms with Gasteiger partial charge < -0.3 is 4.98 Å². The topological polar surface area (TPSA) is 76.9 Å². The van der Waals surface area contributed by atoms with E-state index in [1.54, 1.807) is 6.07 Å². The summed E-state index contributed by atoms with van der Waals surface area (Å²) >= 11 is 3.40. The number of pyridine rings is 1. The van der Waals surface area contributed by atoms with Crippen molar-refractivity contribution in [1.29, 1.82) is 0 Å². The largest absolute Gasteiger partial charge is 0.332 e. The van der Waals surface area contributed by atoms with Gasteiger partial charge >= 0.3 is 5.69 Å². The molecule has 23 heavy (non-hydrogen) atoms. The lowest BCUT2D eigenvalue weighted by atomic mass is 10.1. The van der Waals surface area contributed by atoms with Crippen LogP contribution in [0.2, 0.25) is 0 Å². The molecule has 0 saturated carbocycles. The summed E-state index contributed by atoms with van der Waals surface area (Å²) in [4.78, 5) is 39.2. The summed E-state index contributed by atoms with van der Waals surface area (Å²) in [5, 5.41) is 0.319. The molecule has 0 fully saturated rings. The van der Waals surface area contributed by atoms with Crippen molar-refractivity contribution < 1.29 is 0 Å². The lowest BCUT2D eigenvalue weighted by molar-refractivity contribution is 0.706. The Balaban J connectivity index is 2.24. The summed E-state index contributed by atoms with van der Waals surface area (Å²) in [6.45, 7) is 0. The zero-order valence-electron chi connectivity index (χ0n) is 12.6. The number of rotatable bonds is 2. The standard InChI is InChI=1S/C16H14BrN3O3/c1-19-13-12(15(22)20(2)16(19)23)8-10(14(21)18-13)6-9-4-3-5-11(17)7-9/h3-5,7-8H,6H2,1-2H3,(H,18,21). The van der Waals surface area contributed by atoms with Crippen LogP contribution in [0.25, 0.3) is 11.0 Å². The molecule has 118 valence electrons. The molecule has 0 aliphatic carbocycles. The summed E-state index contributed by atoms with van der Waals surface area (Å²) in [5.74, 6) is 0. The first-order valence-electron chi connectivity index (χ1n) is 6.95. The van der Waals surface area contributed by atoms with Crippen molar-refractivity contribution in [2.75, 3.05) is 0 Å². The normalized spacial score (nSPS) is 11.1. The molecule has 1 aromatic carbocycles. The molecule has 2 heterocycles. The highest BCUT2D eigenvalue weighted by Gasteiger charge is 2.12. The molecule has 0 amide bonds. The fourth-order valence-electron chi connectivity index (χ4n) is 2.58. The molecule has 0 radical (unpaired) electrons. The molecule has 0 saturated heterocycles. The summed E-state index contributed by atoms with van der Waals surface area (Å²) < 4.78 is 3.22. The van der Waals surface area contributed by atoms with E-state index in [1.807, 2.05) is 24.3 Å². The Morgan fingerprint density at radius 1 is 1.09 bits per heavy atom. The monoisotopic (exact) mass is 375 g/mol. The molecule has 2 aromatic heterocycles. The quantitative estimate of drug-likeness (QED) is 0.732. The van der Waals surface area contributed by atoms with Gasteiger partial charge in [0.2, 0.25) is 0 Å². The molecule has 1 N–H and O–H groups in total. The van der Waals surface area contributed by atoms with E-state index in [4.69, 9.17) is 0 Å². The second-order valence-electron chi connectivity index (χ2n) is 5.40. The highest BCUT2D eigenvalue weighted by molar-refractivity contribution is 9.10.